The van der Waals surface area contributed by atoms with Crippen LogP contribution < -0.4 is 0 Å². The maximum Gasteiger partial charge on any atom is 0.472 e. The number of aliphatic hydroxyl groups excluding tert-OH is 1. The lowest BCUT2D eigenvalue weighted by molar-refractivity contribution is -0.161. The molecule has 0 aromatic heterocycles. The second kappa shape index (κ2) is 62.6. The number of esters is 4. The van der Waals surface area contributed by atoms with E-state index in [0.717, 1.165) is 114 Å². The van der Waals surface area contributed by atoms with E-state index in [0.29, 0.717) is 31.6 Å². The first-order valence-electron chi connectivity index (χ1n) is 37.8. The van der Waals surface area contributed by atoms with Gasteiger partial charge >= 0.3 is 39.5 Å². The van der Waals surface area contributed by atoms with Gasteiger partial charge < -0.3 is 33.8 Å². The zero-order chi connectivity index (χ0) is 68.2. The highest BCUT2D eigenvalue weighted by Gasteiger charge is 2.30. The Bertz CT molecular complexity index is 1820. The Morgan fingerprint density at radius 1 is 0.304 bits per heavy atom. The Balaban J connectivity index is 5.25. The van der Waals surface area contributed by atoms with Crippen molar-refractivity contribution in [2.75, 3.05) is 39.6 Å². The Labute approximate surface area is 562 Å². The van der Waals surface area contributed by atoms with Crippen LogP contribution in [-0.2, 0) is 65.4 Å². The molecule has 17 nitrogen and oxygen atoms in total. The Kier molecular flexibility index (Phi) is 61.3. The number of aliphatic hydroxyl groups is 1. The fourth-order valence-corrected chi connectivity index (χ4v) is 12.5. The van der Waals surface area contributed by atoms with Crippen molar-refractivity contribution in [2.45, 2.75) is 382 Å². The van der Waals surface area contributed by atoms with Gasteiger partial charge in [0.05, 0.1) is 26.4 Å². The number of hydrogen-bond donors (Lipinski definition) is 3. The number of carbonyl (C=O) groups excluding carboxylic acids is 4. The van der Waals surface area contributed by atoms with E-state index in [4.69, 9.17) is 37.0 Å². The molecule has 19 heteroatoms. The summed E-state index contributed by atoms with van der Waals surface area (Å²) in [7, 11) is -9.91. The molecule has 0 heterocycles. The summed E-state index contributed by atoms with van der Waals surface area (Å²) in [5.41, 5.74) is 0. The van der Waals surface area contributed by atoms with Crippen molar-refractivity contribution >= 4 is 39.5 Å². The number of phosphoric acid groups is 2. The zero-order valence-corrected chi connectivity index (χ0v) is 62.0. The molecule has 546 valence electrons. The number of hydrogen-bond acceptors (Lipinski definition) is 15. The molecule has 3 N–H and O–H groups in total. The van der Waals surface area contributed by atoms with Gasteiger partial charge in [-0.25, -0.2) is 9.13 Å². The first-order chi connectivity index (χ1) is 44.2. The lowest BCUT2D eigenvalue weighted by atomic mass is 9.99. The molecular formula is C73H142O17P2. The average Bonchev–Trinajstić information content (AvgIpc) is 2.41. The van der Waals surface area contributed by atoms with E-state index < -0.39 is 97.5 Å². The van der Waals surface area contributed by atoms with E-state index in [1.807, 2.05) is 0 Å². The van der Waals surface area contributed by atoms with Crippen LogP contribution in [-0.4, -0.2) is 96.7 Å². The maximum absolute atomic E-state index is 13.0. The molecule has 5 unspecified atom stereocenters. The number of carbonyl (C=O) groups is 4. The Morgan fingerprint density at radius 3 is 0.772 bits per heavy atom. The largest absolute Gasteiger partial charge is 0.472 e. The van der Waals surface area contributed by atoms with Gasteiger partial charge in [-0.3, -0.25) is 37.3 Å². The highest BCUT2D eigenvalue weighted by Crippen LogP contribution is 2.45. The van der Waals surface area contributed by atoms with Crippen molar-refractivity contribution in [3.63, 3.8) is 0 Å². The molecule has 0 fully saturated rings. The molecule has 0 radical (unpaired) electrons. The molecule has 0 saturated carbocycles. The molecule has 0 aliphatic heterocycles. The first kappa shape index (κ1) is 90.1. The molecule has 7 atom stereocenters. The molecule has 0 spiro atoms. The molecule has 0 bridgehead atoms. The van der Waals surface area contributed by atoms with Crippen LogP contribution in [0, 0.1) is 23.7 Å². The van der Waals surface area contributed by atoms with Gasteiger partial charge in [-0.15, -0.1) is 0 Å². The highest BCUT2D eigenvalue weighted by molar-refractivity contribution is 7.47. The normalized spacial score (nSPS) is 14.8. The second-order valence-corrected chi connectivity index (χ2v) is 30.7. The monoisotopic (exact) mass is 1350 g/mol. The Hall–Kier alpha value is -1.94. The van der Waals surface area contributed by atoms with Gasteiger partial charge in [0.2, 0.25) is 0 Å². The topological polar surface area (TPSA) is 237 Å². The first-order valence-corrected chi connectivity index (χ1v) is 40.8. The third kappa shape index (κ3) is 64.1. The van der Waals surface area contributed by atoms with Crippen molar-refractivity contribution in [1.29, 1.82) is 0 Å². The summed E-state index contributed by atoms with van der Waals surface area (Å²) >= 11 is 0. The number of unbranched alkanes of at least 4 members (excludes halogenated alkanes) is 34. The van der Waals surface area contributed by atoms with Crippen LogP contribution in [0.1, 0.15) is 364 Å². The lowest BCUT2D eigenvalue weighted by Gasteiger charge is -2.21. The molecule has 0 saturated heterocycles. The quantitative estimate of drug-likeness (QED) is 0.0222. The van der Waals surface area contributed by atoms with E-state index in [1.54, 1.807) is 0 Å². The molecule has 0 rings (SSSR count). The van der Waals surface area contributed by atoms with Crippen molar-refractivity contribution in [2.24, 2.45) is 23.7 Å². The fourth-order valence-electron chi connectivity index (χ4n) is 11.0. The summed E-state index contributed by atoms with van der Waals surface area (Å²) in [6.45, 7) is 14.2. The van der Waals surface area contributed by atoms with Gasteiger partial charge in [-0.05, 0) is 49.4 Å². The van der Waals surface area contributed by atoms with E-state index in [9.17, 15) is 43.2 Å². The van der Waals surface area contributed by atoms with Crippen molar-refractivity contribution in [3.05, 3.63) is 0 Å². The van der Waals surface area contributed by atoms with E-state index in [1.165, 1.54) is 161 Å². The van der Waals surface area contributed by atoms with E-state index in [-0.39, 0.29) is 25.7 Å². The molecule has 0 amide bonds. The predicted octanol–water partition coefficient (Wildman–Crippen LogP) is 20.9. The summed E-state index contributed by atoms with van der Waals surface area (Å²) in [4.78, 5) is 72.7. The van der Waals surface area contributed by atoms with Gasteiger partial charge in [-0.1, -0.05) is 312 Å². The summed E-state index contributed by atoms with van der Waals surface area (Å²) in [6, 6.07) is 0. The molecule has 0 aromatic carbocycles. The second-order valence-electron chi connectivity index (χ2n) is 27.8. The smallest absolute Gasteiger partial charge is 0.462 e. The number of ether oxygens (including phenoxy) is 4. The maximum atomic E-state index is 13.0. The van der Waals surface area contributed by atoms with E-state index in [2.05, 4.69) is 55.4 Å². The number of rotatable bonds is 70. The summed E-state index contributed by atoms with van der Waals surface area (Å²) in [5, 5.41) is 10.6. The standard InChI is InChI=1S/C73H142O17P2/c1-9-65(7)51-43-35-27-19-16-17-21-30-39-47-55-72(77)89-69(60-84-71(76)54-46-38-32-24-26-34-42-50-64(5)6)62-88-92(81,82)86-58-67(74)57-85-91(79,80)87-61-68(90-73(78)56-48-40-31-23-22-28-36-44-52-66(8)10-2)59-83-70(75)53-45-37-29-20-15-13-11-12-14-18-25-33-41-49-63(3)4/h63-69,74H,9-62H2,1-8H3,(H,79,80)(H,81,82)/t65?,66?,67?,68-,69-/m1/s1. The molecular weight excluding hydrogens is 1210 g/mol. The minimum atomic E-state index is -4.96. The fraction of sp³-hybridized carbons (Fsp3) is 0.945. The minimum Gasteiger partial charge on any atom is -0.462 e. The molecule has 0 aliphatic rings. The third-order valence-corrected chi connectivity index (χ3v) is 19.4. The molecule has 0 aromatic rings. The Morgan fingerprint density at radius 2 is 0.522 bits per heavy atom. The molecule has 92 heavy (non-hydrogen) atoms. The van der Waals surface area contributed by atoms with Crippen molar-refractivity contribution in [1.82, 2.24) is 0 Å². The van der Waals surface area contributed by atoms with Crippen LogP contribution >= 0.6 is 15.6 Å². The lowest BCUT2D eigenvalue weighted by Crippen LogP contribution is -2.30. The summed E-state index contributed by atoms with van der Waals surface area (Å²) < 4.78 is 68.4. The predicted molar refractivity (Wildman–Crippen MR) is 372 cm³/mol. The summed E-state index contributed by atoms with van der Waals surface area (Å²) in [6.07, 6.45) is 45.7. The summed E-state index contributed by atoms with van der Waals surface area (Å²) in [5.74, 6) is 0.942. The SMILES string of the molecule is CCC(C)CCCCCCCCCCCCC(=O)O[C@H](COC(=O)CCCCCCCCCC(C)C)COP(=O)(O)OCC(O)COP(=O)(O)OC[C@@H](COC(=O)CCCCCCCCCCCCCCCC(C)C)OC(=O)CCCCCCCCCCC(C)CC. The van der Waals surface area contributed by atoms with Crippen LogP contribution in [0.15, 0.2) is 0 Å². The third-order valence-electron chi connectivity index (χ3n) is 17.5. The van der Waals surface area contributed by atoms with Crippen molar-refractivity contribution in [3.8, 4) is 0 Å². The van der Waals surface area contributed by atoms with Crippen LogP contribution in [0.5, 0.6) is 0 Å². The number of phosphoric ester groups is 2. The van der Waals surface area contributed by atoms with Gasteiger partial charge in [-0.2, -0.15) is 0 Å². The van der Waals surface area contributed by atoms with Gasteiger partial charge in [0.1, 0.15) is 19.3 Å². The van der Waals surface area contributed by atoms with Crippen molar-refractivity contribution < 1.29 is 80.2 Å². The molecule has 0 aliphatic carbocycles. The van der Waals surface area contributed by atoms with Crippen LogP contribution in [0.3, 0.4) is 0 Å². The van der Waals surface area contributed by atoms with Gasteiger partial charge in [0.25, 0.3) is 0 Å². The highest BCUT2D eigenvalue weighted by atomic mass is 31.2. The van der Waals surface area contributed by atoms with Gasteiger partial charge in [0, 0.05) is 25.7 Å². The average molecular weight is 1350 g/mol. The van der Waals surface area contributed by atoms with E-state index >= 15 is 0 Å². The minimum absolute atomic E-state index is 0.105. The van der Waals surface area contributed by atoms with Crippen LogP contribution in [0.25, 0.3) is 0 Å². The van der Waals surface area contributed by atoms with Crippen LogP contribution in [0.2, 0.25) is 0 Å². The van der Waals surface area contributed by atoms with Gasteiger partial charge in [0.15, 0.2) is 12.2 Å². The zero-order valence-electron chi connectivity index (χ0n) is 60.2. The van der Waals surface area contributed by atoms with Crippen LogP contribution in [0.4, 0.5) is 0 Å².